The van der Waals surface area contributed by atoms with Crippen molar-refractivity contribution in [2.45, 2.75) is 64.8 Å². The van der Waals surface area contributed by atoms with Crippen LogP contribution in [0, 0.1) is 5.92 Å². The van der Waals surface area contributed by atoms with Crippen LogP contribution in [0.4, 0.5) is 0 Å². The van der Waals surface area contributed by atoms with E-state index in [0.717, 1.165) is 25.1 Å². The highest BCUT2D eigenvalue weighted by Crippen LogP contribution is 2.45. The van der Waals surface area contributed by atoms with Gasteiger partial charge in [0.1, 0.15) is 5.69 Å². The van der Waals surface area contributed by atoms with Gasteiger partial charge in [0.25, 0.3) is 5.91 Å². The van der Waals surface area contributed by atoms with Crippen molar-refractivity contribution in [3.63, 3.8) is 0 Å². The normalized spacial score (nSPS) is 28.0. The third kappa shape index (κ3) is 2.55. The third-order valence-electron chi connectivity index (χ3n) is 5.84. The molecule has 3 aliphatic heterocycles. The largest absolute Gasteiger partial charge is 0.353 e. The van der Waals surface area contributed by atoms with Crippen molar-refractivity contribution >= 4 is 11.8 Å². The number of amides is 2. The van der Waals surface area contributed by atoms with Gasteiger partial charge in [-0.05, 0) is 31.7 Å². The number of nitrogens with zero attached hydrogens (tertiary/aromatic N) is 4. The van der Waals surface area contributed by atoms with E-state index in [4.69, 9.17) is 4.74 Å². The molecule has 0 saturated carbocycles. The fraction of sp³-hybridized carbons (Fsp3) is 0.737. The molecule has 3 saturated heterocycles. The molecule has 0 N–H and O–H groups in total. The van der Waals surface area contributed by atoms with Crippen LogP contribution in [-0.2, 0) is 22.5 Å². The average molecular weight is 360 g/mol. The zero-order valence-electron chi connectivity index (χ0n) is 15.9. The van der Waals surface area contributed by atoms with Crippen LogP contribution in [0.25, 0.3) is 0 Å². The predicted molar refractivity (Wildman–Crippen MR) is 95.5 cm³/mol. The molecule has 2 atom stereocenters. The SMILES string of the molecule is CCn1nc(CC(C)C)cc1C(=O)N1CC[C@@]23OCCCN2C(=O)C[C@@H]13. The first-order valence-corrected chi connectivity index (χ1v) is 9.78. The molecule has 0 aromatic carbocycles. The molecule has 2 amide bonds. The Labute approximate surface area is 154 Å². The minimum atomic E-state index is -0.594. The molecule has 26 heavy (non-hydrogen) atoms. The maximum Gasteiger partial charge on any atom is 0.272 e. The molecular weight excluding hydrogens is 332 g/mol. The molecule has 0 aliphatic carbocycles. The van der Waals surface area contributed by atoms with Crippen molar-refractivity contribution in [2.24, 2.45) is 5.92 Å². The number of hydrogen-bond acceptors (Lipinski definition) is 4. The number of ether oxygens (including phenoxy) is 1. The highest BCUT2D eigenvalue weighted by Gasteiger charge is 2.61. The van der Waals surface area contributed by atoms with Crippen LogP contribution >= 0.6 is 0 Å². The van der Waals surface area contributed by atoms with Crippen molar-refractivity contribution in [1.82, 2.24) is 19.6 Å². The summed E-state index contributed by atoms with van der Waals surface area (Å²) in [6.07, 6.45) is 2.80. The molecule has 0 radical (unpaired) electrons. The molecule has 3 aliphatic rings. The van der Waals surface area contributed by atoms with Gasteiger partial charge in [-0.1, -0.05) is 13.8 Å². The van der Waals surface area contributed by atoms with Gasteiger partial charge in [-0.2, -0.15) is 5.10 Å². The summed E-state index contributed by atoms with van der Waals surface area (Å²) in [5, 5.41) is 4.60. The number of carbonyl (C=O) groups excluding carboxylic acids is 2. The lowest BCUT2D eigenvalue weighted by molar-refractivity contribution is -0.179. The first-order valence-electron chi connectivity index (χ1n) is 9.78. The van der Waals surface area contributed by atoms with Gasteiger partial charge in [-0.25, -0.2) is 0 Å². The molecule has 1 spiro atoms. The van der Waals surface area contributed by atoms with Gasteiger partial charge in [-0.3, -0.25) is 14.3 Å². The summed E-state index contributed by atoms with van der Waals surface area (Å²) >= 11 is 0. The average Bonchev–Trinajstić information content (AvgIpc) is 3.24. The Morgan fingerprint density at radius 1 is 1.42 bits per heavy atom. The number of likely N-dealkylation sites (tertiary alicyclic amines) is 1. The molecule has 142 valence electrons. The fourth-order valence-corrected chi connectivity index (χ4v) is 4.74. The number of aryl methyl sites for hydroxylation is 1. The smallest absolute Gasteiger partial charge is 0.272 e. The maximum absolute atomic E-state index is 13.3. The molecule has 3 fully saturated rings. The lowest BCUT2D eigenvalue weighted by Crippen LogP contribution is -2.56. The van der Waals surface area contributed by atoms with E-state index in [1.165, 1.54) is 0 Å². The van der Waals surface area contributed by atoms with Gasteiger partial charge in [-0.15, -0.1) is 0 Å². The minimum absolute atomic E-state index is 0.0277. The molecule has 1 aromatic heterocycles. The summed E-state index contributed by atoms with van der Waals surface area (Å²) in [5.41, 5.74) is 0.988. The summed E-state index contributed by atoms with van der Waals surface area (Å²) in [4.78, 5) is 29.5. The molecular formula is C19H28N4O3. The lowest BCUT2D eigenvalue weighted by atomic mass is 10.0. The molecule has 7 nitrogen and oxygen atoms in total. The van der Waals surface area contributed by atoms with Crippen LogP contribution in [0.2, 0.25) is 0 Å². The van der Waals surface area contributed by atoms with Crippen molar-refractivity contribution in [2.75, 3.05) is 19.7 Å². The van der Waals surface area contributed by atoms with Crippen molar-refractivity contribution in [3.05, 3.63) is 17.5 Å². The van der Waals surface area contributed by atoms with Crippen LogP contribution in [0.1, 0.15) is 56.2 Å². The Morgan fingerprint density at radius 3 is 2.96 bits per heavy atom. The van der Waals surface area contributed by atoms with Gasteiger partial charge in [0, 0.05) is 26.1 Å². The maximum atomic E-state index is 13.3. The van der Waals surface area contributed by atoms with E-state index >= 15 is 0 Å². The molecule has 4 rings (SSSR count). The highest BCUT2D eigenvalue weighted by atomic mass is 16.5. The van der Waals surface area contributed by atoms with Crippen LogP contribution < -0.4 is 0 Å². The van der Waals surface area contributed by atoms with E-state index in [1.807, 2.05) is 22.8 Å². The minimum Gasteiger partial charge on any atom is -0.353 e. The van der Waals surface area contributed by atoms with Crippen molar-refractivity contribution in [1.29, 1.82) is 0 Å². The van der Waals surface area contributed by atoms with Gasteiger partial charge in [0.15, 0.2) is 5.72 Å². The first-order chi connectivity index (χ1) is 12.5. The number of aromatic nitrogens is 2. The molecule has 1 aromatic rings. The van der Waals surface area contributed by atoms with Crippen LogP contribution in [-0.4, -0.2) is 62.9 Å². The predicted octanol–water partition coefficient (Wildman–Crippen LogP) is 1.66. The van der Waals surface area contributed by atoms with E-state index in [-0.39, 0.29) is 17.9 Å². The van der Waals surface area contributed by atoms with E-state index in [2.05, 4.69) is 18.9 Å². The van der Waals surface area contributed by atoms with Gasteiger partial charge in [0.05, 0.1) is 24.8 Å². The van der Waals surface area contributed by atoms with Crippen LogP contribution in [0.3, 0.4) is 0 Å². The Balaban J connectivity index is 1.62. The number of rotatable bonds is 4. The Hall–Kier alpha value is -1.89. The Morgan fingerprint density at radius 2 is 2.23 bits per heavy atom. The number of hydrogen-bond donors (Lipinski definition) is 0. The third-order valence-corrected chi connectivity index (χ3v) is 5.84. The van der Waals surface area contributed by atoms with Gasteiger partial charge < -0.3 is 14.5 Å². The Kier molecular flexibility index (Phi) is 4.29. The molecule has 4 heterocycles. The van der Waals surface area contributed by atoms with Crippen molar-refractivity contribution < 1.29 is 14.3 Å². The first kappa shape index (κ1) is 17.5. The summed E-state index contributed by atoms with van der Waals surface area (Å²) in [7, 11) is 0. The van der Waals surface area contributed by atoms with Crippen LogP contribution in [0.5, 0.6) is 0 Å². The topological polar surface area (TPSA) is 67.7 Å². The quantitative estimate of drug-likeness (QED) is 0.819. The summed E-state index contributed by atoms with van der Waals surface area (Å²) in [6.45, 7) is 8.98. The van der Waals surface area contributed by atoms with E-state index in [0.29, 0.717) is 44.1 Å². The summed E-state index contributed by atoms with van der Waals surface area (Å²) in [6, 6.07) is 1.74. The van der Waals surface area contributed by atoms with Gasteiger partial charge in [0.2, 0.25) is 5.91 Å². The number of carbonyl (C=O) groups is 2. The standard InChI is InChI=1S/C19H28N4O3/c1-4-23-15(11-14(20-23)10-13(2)3)18(25)21-8-6-19-16(21)12-17(24)22(19)7-5-9-26-19/h11,13,16H,4-10,12H2,1-3H3/t16-,19+/m1/s1. The molecule has 7 heteroatoms. The molecule has 0 unspecified atom stereocenters. The summed E-state index contributed by atoms with van der Waals surface area (Å²) < 4.78 is 7.90. The van der Waals surface area contributed by atoms with Crippen molar-refractivity contribution in [3.8, 4) is 0 Å². The second-order valence-corrected chi connectivity index (χ2v) is 8.00. The van der Waals surface area contributed by atoms with E-state index < -0.39 is 5.72 Å². The monoisotopic (exact) mass is 360 g/mol. The zero-order valence-corrected chi connectivity index (χ0v) is 15.9. The van der Waals surface area contributed by atoms with Crippen LogP contribution in [0.15, 0.2) is 6.07 Å². The fourth-order valence-electron chi connectivity index (χ4n) is 4.74. The molecule has 0 bridgehead atoms. The second kappa shape index (κ2) is 6.37. The summed E-state index contributed by atoms with van der Waals surface area (Å²) in [5.74, 6) is 0.571. The van der Waals surface area contributed by atoms with E-state index in [9.17, 15) is 9.59 Å². The van der Waals surface area contributed by atoms with Gasteiger partial charge >= 0.3 is 0 Å². The zero-order chi connectivity index (χ0) is 18.5. The lowest BCUT2D eigenvalue weighted by Gasteiger charge is -2.42. The second-order valence-electron chi connectivity index (χ2n) is 8.00. The Bertz CT molecular complexity index is 728. The highest BCUT2D eigenvalue weighted by molar-refractivity contribution is 5.94. The van der Waals surface area contributed by atoms with E-state index in [1.54, 1.807) is 4.68 Å².